The molecule has 8 N–H and O–H groups in total. The van der Waals surface area contributed by atoms with Crippen molar-refractivity contribution in [3.63, 3.8) is 0 Å². The zero-order valence-corrected chi connectivity index (χ0v) is 22.5. The highest BCUT2D eigenvalue weighted by Gasteiger charge is 2.29. The lowest BCUT2D eigenvalue weighted by Gasteiger charge is -2.25. The van der Waals surface area contributed by atoms with E-state index in [1.54, 1.807) is 52.0 Å². The molecule has 5 rings (SSSR count). The highest BCUT2D eigenvalue weighted by molar-refractivity contribution is 5.61. The van der Waals surface area contributed by atoms with Crippen LogP contribution in [0.5, 0.6) is 46.0 Å². The van der Waals surface area contributed by atoms with Crippen LogP contribution in [0.3, 0.4) is 0 Å². The Morgan fingerprint density at radius 1 is 0.275 bits per heavy atom. The van der Waals surface area contributed by atoms with Crippen molar-refractivity contribution in [2.75, 3.05) is 0 Å². The van der Waals surface area contributed by atoms with Crippen LogP contribution in [0.1, 0.15) is 95.9 Å². The third-order valence-electron chi connectivity index (χ3n) is 8.44. The quantitative estimate of drug-likeness (QED) is 0.129. The average Bonchev–Trinajstić information content (AvgIpc) is 2.87. The van der Waals surface area contributed by atoms with Crippen LogP contribution < -0.4 is 0 Å². The van der Waals surface area contributed by atoms with Gasteiger partial charge in [-0.2, -0.15) is 0 Å². The summed E-state index contributed by atoms with van der Waals surface area (Å²) in [6.45, 7) is 7.05. The molecular formula is C32H32O8. The topological polar surface area (TPSA) is 162 Å². The minimum absolute atomic E-state index is 0.200. The largest absolute Gasteiger partial charge is 0.508 e. The molecule has 1 aliphatic carbocycles. The zero-order valence-electron chi connectivity index (χ0n) is 22.5. The molecule has 8 bridgehead atoms. The molecule has 0 fully saturated rings. The molecule has 0 radical (unpaired) electrons. The Kier molecular flexibility index (Phi) is 6.37. The Labute approximate surface area is 231 Å². The first-order chi connectivity index (χ1) is 18.8. The first kappa shape index (κ1) is 26.9. The second-order valence-corrected chi connectivity index (χ2v) is 10.8. The summed E-state index contributed by atoms with van der Waals surface area (Å²) in [6, 6.07) is 11.3. The van der Waals surface area contributed by atoms with E-state index in [1.165, 1.54) is 24.3 Å². The van der Waals surface area contributed by atoms with E-state index in [0.717, 1.165) is 0 Å². The van der Waals surface area contributed by atoms with Gasteiger partial charge in [0, 0.05) is 92.4 Å². The summed E-state index contributed by atoms with van der Waals surface area (Å²) >= 11 is 0. The molecule has 4 aromatic carbocycles. The number of aromatic hydroxyl groups is 8. The van der Waals surface area contributed by atoms with Gasteiger partial charge in [-0.3, -0.25) is 0 Å². The number of fused-ring (bicyclic) bond motifs is 8. The predicted molar refractivity (Wildman–Crippen MR) is 149 cm³/mol. The number of hydrogen-bond acceptors (Lipinski definition) is 8. The Balaban J connectivity index is 1.88. The van der Waals surface area contributed by atoms with Crippen molar-refractivity contribution in [3.8, 4) is 46.0 Å². The van der Waals surface area contributed by atoms with Crippen molar-refractivity contribution in [3.05, 3.63) is 93.0 Å². The Morgan fingerprint density at radius 3 is 0.525 bits per heavy atom. The van der Waals surface area contributed by atoms with E-state index in [0.29, 0.717) is 44.5 Å². The summed E-state index contributed by atoms with van der Waals surface area (Å²) < 4.78 is 0. The van der Waals surface area contributed by atoms with E-state index in [2.05, 4.69) is 0 Å². The van der Waals surface area contributed by atoms with Crippen molar-refractivity contribution < 1.29 is 40.9 Å². The van der Waals surface area contributed by atoms with E-state index in [9.17, 15) is 40.9 Å². The fraction of sp³-hybridized carbons (Fsp3) is 0.250. The molecule has 1 aliphatic rings. The standard InChI is InChI=1S/C32H32O8/c1-13-17-5-19(27(35)9-25(17)33)14(2)21-7-23(31(39)11-29(21)37)16(4)24-8-22(30(38)12-32(24)40)15(3)20-6-18(13)26(34)10-28(20)36/h5-16,33-40H,1-4H3. The molecule has 208 valence electrons. The van der Waals surface area contributed by atoms with Gasteiger partial charge in [0.1, 0.15) is 46.0 Å². The molecule has 0 aromatic heterocycles. The Hall–Kier alpha value is -4.72. The van der Waals surface area contributed by atoms with Crippen molar-refractivity contribution in [1.29, 1.82) is 0 Å². The molecule has 0 saturated carbocycles. The van der Waals surface area contributed by atoms with Crippen LogP contribution in [0.2, 0.25) is 0 Å². The summed E-state index contributed by atoms with van der Waals surface area (Å²) in [4.78, 5) is 0. The van der Waals surface area contributed by atoms with Gasteiger partial charge in [0.2, 0.25) is 0 Å². The third-order valence-corrected chi connectivity index (χ3v) is 8.44. The van der Waals surface area contributed by atoms with E-state index >= 15 is 0 Å². The van der Waals surface area contributed by atoms with Crippen LogP contribution in [-0.4, -0.2) is 40.9 Å². The third kappa shape index (κ3) is 4.16. The van der Waals surface area contributed by atoms with Crippen molar-refractivity contribution in [2.24, 2.45) is 0 Å². The van der Waals surface area contributed by atoms with Crippen molar-refractivity contribution in [1.82, 2.24) is 0 Å². The molecule has 0 amide bonds. The van der Waals surface area contributed by atoms with Gasteiger partial charge >= 0.3 is 0 Å². The van der Waals surface area contributed by atoms with Gasteiger partial charge in [-0.1, -0.05) is 27.7 Å². The van der Waals surface area contributed by atoms with Crippen LogP contribution in [0.15, 0.2) is 48.5 Å². The number of phenolic OH excluding ortho intramolecular Hbond substituents is 8. The lowest BCUT2D eigenvalue weighted by molar-refractivity contribution is 0.429. The van der Waals surface area contributed by atoms with Gasteiger partial charge in [0.05, 0.1) is 0 Å². The van der Waals surface area contributed by atoms with Crippen LogP contribution in [0.4, 0.5) is 0 Å². The normalized spacial score (nSPS) is 20.3. The summed E-state index contributed by atoms with van der Waals surface area (Å²) in [6.07, 6.45) is 0. The molecule has 0 unspecified atom stereocenters. The van der Waals surface area contributed by atoms with E-state index in [1.807, 2.05) is 0 Å². The Morgan fingerprint density at radius 2 is 0.400 bits per heavy atom. The van der Waals surface area contributed by atoms with E-state index in [4.69, 9.17) is 0 Å². The van der Waals surface area contributed by atoms with Gasteiger partial charge in [0.25, 0.3) is 0 Å². The minimum atomic E-state index is -0.598. The van der Waals surface area contributed by atoms with Crippen LogP contribution >= 0.6 is 0 Å². The van der Waals surface area contributed by atoms with Gasteiger partial charge in [-0.25, -0.2) is 0 Å². The molecule has 40 heavy (non-hydrogen) atoms. The summed E-state index contributed by atoms with van der Waals surface area (Å²) in [5, 5.41) is 86.5. The maximum Gasteiger partial charge on any atom is 0.123 e. The van der Waals surface area contributed by atoms with Crippen molar-refractivity contribution in [2.45, 2.75) is 51.4 Å². The maximum atomic E-state index is 10.8. The zero-order chi connectivity index (χ0) is 29.2. The fourth-order valence-corrected chi connectivity index (χ4v) is 5.89. The van der Waals surface area contributed by atoms with Gasteiger partial charge < -0.3 is 40.9 Å². The number of phenols is 8. The molecule has 0 aliphatic heterocycles. The van der Waals surface area contributed by atoms with E-state index in [-0.39, 0.29) is 46.0 Å². The molecule has 8 heteroatoms. The second kappa shape index (κ2) is 9.48. The van der Waals surface area contributed by atoms with Crippen molar-refractivity contribution >= 4 is 0 Å². The summed E-state index contributed by atoms with van der Waals surface area (Å²) in [5.74, 6) is -3.99. The SMILES string of the molecule is CC1c2cc(c(O)cc2O)C(C)c2cc(c(O)cc2O)C(C)c2cc(c(O)cc2O)C(C)c2cc1c(O)cc2O. The lowest BCUT2D eigenvalue weighted by atomic mass is 9.81. The van der Waals surface area contributed by atoms with Gasteiger partial charge in [-0.05, 0) is 24.3 Å². The molecule has 0 spiro atoms. The highest BCUT2D eigenvalue weighted by atomic mass is 16.3. The summed E-state index contributed by atoms with van der Waals surface area (Å²) in [5.41, 5.74) is 3.17. The number of hydrogen-bond donors (Lipinski definition) is 8. The van der Waals surface area contributed by atoms with Crippen LogP contribution in [0.25, 0.3) is 0 Å². The summed E-state index contributed by atoms with van der Waals surface area (Å²) in [7, 11) is 0. The first-order valence-electron chi connectivity index (χ1n) is 13.0. The molecule has 8 nitrogen and oxygen atoms in total. The molecule has 0 atom stereocenters. The minimum Gasteiger partial charge on any atom is -0.508 e. The Bertz CT molecular complexity index is 1310. The van der Waals surface area contributed by atoms with Gasteiger partial charge in [0.15, 0.2) is 0 Å². The highest BCUT2D eigenvalue weighted by Crippen LogP contribution is 2.49. The fourth-order valence-electron chi connectivity index (χ4n) is 5.89. The number of rotatable bonds is 0. The van der Waals surface area contributed by atoms with Crippen LogP contribution in [0, 0.1) is 0 Å². The number of benzene rings is 4. The van der Waals surface area contributed by atoms with E-state index < -0.39 is 23.7 Å². The van der Waals surface area contributed by atoms with Crippen LogP contribution in [-0.2, 0) is 0 Å². The molecule has 0 saturated heterocycles. The first-order valence-corrected chi connectivity index (χ1v) is 13.0. The molecular weight excluding hydrogens is 512 g/mol. The maximum absolute atomic E-state index is 10.8. The predicted octanol–water partition coefficient (Wildman–Crippen LogP) is 6.25. The molecule has 0 heterocycles. The second-order valence-electron chi connectivity index (χ2n) is 10.8. The smallest absolute Gasteiger partial charge is 0.123 e. The lowest BCUT2D eigenvalue weighted by Crippen LogP contribution is -2.07. The molecule has 4 aromatic rings. The average molecular weight is 545 g/mol. The van der Waals surface area contributed by atoms with Gasteiger partial charge in [-0.15, -0.1) is 0 Å². The monoisotopic (exact) mass is 544 g/mol.